The van der Waals surface area contributed by atoms with Gasteiger partial charge in [-0.15, -0.1) is 0 Å². The first kappa shape index (κ1) is 34.1. The third-order valence-corrected chi connectivity index (χ3v) is 13.9. The molecule has 3 saturated carbocycles. The minimum absolute atomic E-state index is 0.00523. The molecule has 4 aliphatic rings. The summed E-state index contributed by atoms with van der Waals surface area (Å²) in [5, 5.41) is 0. The molecule has 0 saturated heterocycles. The predicted molar refractivity (Wildman–Crippen MR) is 178 cm³/mol. The van der Waals surface area contributed by atoms with Crippen molar-refractivity contribution in [3.05, 3.63) is 41.5 Å². The summed E-state index contributed by atoms with van der Waals surface area (Å²) in [4.78, 5) is 0.177. The fourth-order valence-corrected chi connectivity index (χ4v) is 11.0. The van der Waals surface area contributed by atoms with E-state index < -0.39 is 10.1 Å². The van der Waals surface area contributed by atoms with Crippen molar-refractivity contribution in [3.63, 3.8) is 0 Å². The fourth-order valence-electron chi connectivity index (χ4n) is 10.1. The van der Waals surface area contributed by atoms with Crippen LogP contribution in [0.1, 0.15) is 111 Å². The van der Waals surface area contributed by atoms with E-state index in [0.717, 1.165) is 53.9 Å². The average molecular weight is 629 g/mol. The maximum Gasteiger partial charge on any atom is 0.297 e. The topological polar surface area (TPSA) is 61.8 Å². The average Bonchev–Trinajstić information content (AvgIpc) is 3.34. The van der Waals surface area contributed by atoms with Crippen molar-refractivity contribution in [3.8, 4) is 0 Å². The summed E-state index contributed by atoms with van der Waals surface area (Å²) < 4.78 is 41.7. The van der Waals surface area contributed by atoms with Gasteiger partial charge in [0.1, 0.15) is 0 Å². The third-order valence-electron chi connectivity index (χ3n) is 12.6. The number of hydrogen-bond donors (Lipinski definition) is 0. The maximum absolute atomic E-state index is 12.3. The largest absolute Gasteiger partial charge is 0.377 e. The predicted octanol–water partition coefficient (Wildman–Crippen LogP) is 9.14. The molecule has 0 aromatic heterocycles. The van der Waals surface area contributed by atoms with Crippen LogP contribution in [0.3, 0.4) is 0 Å². The number of hydrogen-bond acceptors (Lipinski definition) is 5. The standard InChI is InChI=1S/C38H60O5S/c1-27(2)8-7-9-29(4)34-16-17-35-33-15-12-30-26-31(18-20-37(30,5)36(33)19-21-38(34,35)6)42-24-22-41-23-25-43-44(39,40)32-13-10-28(3)11-14-32/h10-14,27,29,31,33-36H,7-9,15-26H2,1-6H3/t29-,31?,33+,34-,35+,36+,37?,38-/m1/s1. The number of ether oxygens (including phenoxy) is 2. The Morgan fingerprint density at radius 1 is 0.886 bits per heavy atom. The van der Waals surface area contributed by atoms with Crippen molar-refractivity contribution < 1.29 is 22.1 Å². The quantitative estimate of drug-likeness (QED) is 0.117. The van der Waals surface area contributed by atoms with Crippen LogP contribution in [0, 0.1) is 53.3 Å². The van der Waals surface area contributed by atoms with E-state index in [1.165, 1.54) is 57.8 Å². The summed E-state index contributed by atoms with van der Waals surface area (Å²) in [7, 11) is -3.75. The van der Waals surface area contributed by atoms with E-state index in [4.69, 9.17) is 13.7 Å². The summed E-state index contributed by atoms with van der Waals surface area (Å²) in [6.45, 7) is 15.7. The normalized spacial score (nSPS) is 34.2. The van der Waals surface area contributed by atoms with Crippen molar-refractivity contribution >= 4 is 10.1 Å². The van der Waals surface area contributed by atoms with E-state index in [9.17, 15) is 8.42 Å². The molecule has 3 fully saturated rings. The van der Waals surface area contributed by atoms with Crippen LogP contribution in [-0.2, 0) is 23.8 Å². The van der Waals surface area contributed by atoms with E-state index in [1.54, 1.807) is 29.8 Å². The van der Waals surface area contributed by atoms with Crippen LogP contribution in [0.2, 0.25) is 0 Å². The maximum atomic E-state index is 12.3. The zero-order valence-corrected chi connectivity index (χ0v) is 29.3. The Kier molecular flexibility index (Phi) is 11.1. The summed E-state index contributed by atoms with van der Waals surface area (Å²) in [5.41, 5.74) is 3.54. The lowest BCUT2D eigenvalue weighted by atomic mass is 9.47. The summed E-state index contributed by atoms with van der Waals surface area (Å²) in [6, 6.07) is 6.68. The molecule has 6 heteroatoms. The summed E-state index contributed by atoms with van der Waals surface area (Å²) in [5.74, 6) is 5.19. The van der Waals surface area contributed by atoms with E-state index in [2.05, 4.69) is 40.7 Å². The van der Waals surface area contributed by atoms with Crippen LogP contribution in [0.4, 0.5) is 0 Å². The van der Waals surface area contributed by atoms with Crippen LogP contribution in [0.25, 0.3) is 0 Å². The molecule has 8 atom stereocenters. The Morgan fingerprint density at radius 2 is 1.64 bits per heavy atom. The molecule has 5 rings (SSSR count). The van der Waals surface area contributed by atoms with E-state index >= 15 is 0 Å². The van der Waals surface area contributed by atoms with Crippen LogP contribution >= 0.6 is 0 Å². The lowest BCUT2D eigenvalue weighted by molar-refractivity contribution is -0.0681. The zero-order chi connectivity index (χ0) is 31.5. The van der Waals surface area contributed by atoms with Gasteiger partial charge in [0.05, 0.1) is 37.4 Å². The molecule has 0 N–H and O–H groups in total. The van der Waals surface area contributed by atoms with Gasteiger partial charge in [0.25, 0.3) is 10.1 Å². The van der Waals surface area contributed by atoms with Crippen LogP contribution in [0.5, 0.6) is 0 Å². The number of fused-ring (bicyclic) bond motifs is 5. The number of aryl methyl sites for hydroxylation is 1. The van der Waals surface area contributed by atoms with Gasteiger partial charge in [-0.05, 0) is 117 Å². The van der Waals surface area contributed by atoms with E-state index in [-0.39, 0.29) is 24.2 Å². The van der Waals surface area contributed by atoms with Gasteiger partial charge in [-0.1, -0.05) is 83.2 Å². The minimum atomic E-state index is -3.75. The van der Waals surface area contributed by atoms with Crippen molar-refractivity contribution in [1.82, 2.24) is 0 Å². The van der Waals surface area contributed by atoms with Gasteiger partial charge in [0.15, 0.2) is 0 Å². The molecule has 2 unspecified atom stereocenters. The van der Waals surface area contributed by atoms with Gasteiger partial charge < -0.3 is 9.47 Å². The van der Waals surface area contributed by atoms with Gasteiger partial charge in [-0.2, -0.15) is 8.42 Å². The third kappa shape index (κ3) is 7.34. The van der Waals surface area contributed by atoms with Crippen molar-refractivity contribution in [1.29, 1.82) is 0 Å². The van der Waals surface area contributed by atoms with E-state index in [0.29, 0.717) is 24.0 Å². The number of benzene rings is 1. The SMILES string of the molecule is Cc1ccc(S(=O)(=O)OCCOCCOC2CCC3(C)C(=CC[C@@H]4[C@@H]3CC[C@]3(C)[C@@H]([C@H](C)CCCC(C)C)CC[C@@H]43)C2)cc1. The van der Waals surface area contributed by atoms with Crippen molar-refractivity contribution in [2.75, 3.05) is 26.4 Å². The molecule has 1 aromatic carbocycles. The Labute approximate surface area is 269 Å². The summed E-state index contributed by atoms with van der Waals surface area (Å²) in [6.07, 6.45) is 17.5. The molecule has 1 aromatic rings. The lowest BCUT2D eigenvalue weighted by Crippen LogP contribution is -2.51. The second-order valence-electron chi connectivity index (χ2n) is 15.7. The molecular weight excluding hydrogens is 568 g/mol. The first-order valence-corrected chi connectivity index (χ1v) is 19.2. The van der Waals surface area contributed by atoms with E-state index in [1.807, 2.05) is 6.92 Å². The first-order valence-electron chi connectivity index (χ1n) is 17.8. The molecule has 0 heterocycles. The minimum Gasteiger partial charge on any atom is -0.377 e. The number of allylic oxidation sites excluding steroid dienone is 1. The Hall–Kier alpha value is -1.21. The van der Waals surface area contributed by atoms with Crippen molar-refractivity contribution in [2.24, 2.45) is 46.3 Å². The first-order chi connectivity index (χ1) is 20.9. The smallest absolute Gasteiger partial charge is 0.297 e. The van der Waals surface area contributed by atoms with Gasteiger partial charge in [0.2, 0.25) is 0 Å². The van der Waals surface area contributed by atoms with Gasteiger partial charge in [-0.3, -0.25) is 4.18 Å². The van der Waals surface area contributed by atoms with Crippen molar-refractivity contribution in [2.45, 2.75) is 123 Å². The highest BCUT2D eigenvalue weighted by atomic mass is 32.2. The molecular formula is C38H60O5S. The summed E-state index contributed by atoms with van der Waals surface area (Å²) >= 11 is 0. The Morgan fingerprint density at radius 3 is 2.39 bits per heavy atom. The van der Waals surface area contributed by atoms with Gasteiger partial charge >= 0.3 is 0 Å². The lowest BCUT2D eigenvalue weighted by Gasteiger charge is -2.58. The molecule has 0 amide bonds. The molecule has 0 aliphatic heterocycles. The monoisotopic (exact) mass is 628 g/mol. The van der Waals surface area contributed by atoms with Crippen LogP contribution in [-0.4, -0.2) is 40.9 Å². The highest BCUT2D eigenvalue weighted by Crippen LogP contribution is 2.67. The Bertz CT molecular complexity index is 1220. The molecule has 248 valence electrons. The highest BCUT2D eigenvalue weighted by Gasteiger charge is 2.59. The molecule has 0 spiro atoms. The second-order valence-corrected chi connectivity index (χ2v) is 17.3. The van der Waals surface area contributed by atoms with Gasteiger partial charge in [0, 0.05) is 0 Å². The highest BCUT2D eigenvalue weighted by molar-refractivity contribution is 7.86. The Balaban J connectivity index is 1.06. The molecule has 0 radical (unpaired) electrons. The van der Waals surface area contributed by atoms with Crippen LogP contribution < -0.4 is 0 Å². The van der Waals surface area contributed by atoms with Crippen LogP contribution in [0.15, 0.2) is 40.8 Å². The molecule has 0 bridgehead atoms. The number of rotatable bonds is 14. The second kappa shape index (κ2) is 14.3. The fraction of sp³-hybridized carbons (Fsp3) is 0.789. The molecule has 5 nitrogen and oxygen atoms in total. The molecule has 4 aliphatic carbocycles. The molecule has 44 heavy (non-hydrogen) atoms. The van der Waals surface area contributed by atoms with Gasteiger partial charge in [-0.25, -0.2) is 0 Å². The zero-order valence-electron chi connectivity index (χ0n) is 28.5.